The van der Waals surface area contributed by atoms with Crippen molar-refractivity contribution in [2.45, 2.75) is 6.42 Å². The number of amides is 1. The minimum absolute atomic E-state index is 0.0189. The van der Waals surface area contributed by atoms with Crippen LogP contribution in [0.15, 0.2) is 41.8 Å². The Morgan fingerprint density at radius 3 is 2.88 bits per heavy atom. The van der Waals surface area contributed by atoms with E-state index in [2.05, 4.69) is 15.6 Å². The molecule has 0 atom stereocenters. The number of fused-ring (bicyclic) bond motifs is 1. The van der Waals surface area contributed by atoms with Crippen molar-refractivity contribution in [2.75, 3.05) is 10.6 Å². The molecule has 1 amide bonds. The van der Waals surface area contributed by atoms with Gasteiger partial charge in [-0.15, -0.1) is 11.3 Å². The number of halogens is 2. The van der Waals surface area contributed by atoms with Crippen molar-refractivity contribution in [1.82, 2.24) is 4.98 Å². The number of aromatic nitrogens is 1. The smallest absolute Gasteiger partial charge is 0.228 e. The summed E-state index contributed by atoms with van der Waals surface area (Å²) >= 11 is 1.32. The molecule has 1 aromatic heterocycles. The van der Waals surface area contributed by atoms with Gasteiger partial charge in [-0.05, 0) is 29.8 Å². The lowest BCUT2D eigenvalue weighted by atomic mass is 10.1. The minimum Gasteiger partial charge on any atom is -0.329 e. The van der Waals surface area contributed by atoms with Crippen LogP contribution in [0.5, 0.6) is 0 Å². The Balaban J connectivity index is 1.59. The highest BCUT2D eigenvalue weighted by Crippen LogP contribution is 2.32. The van der Waals surface area contributed by atoms with Gasteiger partial charge >= 0.3 is 0 Å². The number of thiazole rings is 1. The summed E-state index contributed by atoms with van der Waals surface area (Å²) in [5.74, 6) is -1.32. The van der Waals surface area contributed by atoms with Crippen LogP contribution in [0, 0.1) is 11.6 Å². The predicted molar refractivity (Wildman–Crippen MR) is 89.5 cm³/mol. The standard InChI is InChI=1S/C17H11F2N3OS/c18-11-2-4-14(12(19)7-11)21-17-22-15(8-24-17)9-1-3-13-10(5-9)6-16(23)20-13/h1-5,7-8H,6H2,(H,20,23)(H,21,22). The van der Waals surface area contributed by atoms with Crippen LogP contribution < -0.4 is 10.6 Å². The maximum absolute atomic E-state index is 13.7. The molecule has 0 fully saturated rings. The van der Waals surface area contributed by atoms with Crippen molar-refractivity contribution >= 4 is 33.8 Å². The number of nitrogens with zero attached hydrogens (tertiary/aromatic N) is 1. The third kappa shape index (κ3) is 2.74. The summed E-state index contributed by atoms with van der Waals surface area (Å²) in [6.07, 6.45) is 0.360. The highest BCUT2D eigenvalue weighted by atomic mass is 32.1. The third-order valence-electron chi connectivity index (χ3n) is 3.70. The molecular weight excluding hydrogens is 332 g/mol. The summed E-state index contributed by atoms with van der Waals surface area (Å²) in [6, 6.07) is 8.98. The Labute approximate surface area is 140 Å². The van der Waals surface area contributed by atoms with Gasteiger partial charge in [0, 0.05) is 22.7 Å². The van der Waals surface area contributed by atoms with Crippen molar-refractivity contribution in [3.05, 3.63) is 59.0 Å². The minimum atomic E-state index is -0.672. The first-order chi connectivity index (χ1) is 11.6. The maximum Gasteiger partial charge on any atom is 0.228 e. The summed E-state index contributed by atoms with van der Waals surface area (Å²) in [5.41, 5.74) is 3.54. The second kappa shape index (κ2) is 5.68. The molecule has 4 rings (SSSR count). The second-order valence-corrected chi connectivity index (χ2v) is 6.24. The molecule has 0 aliphatic carbocycles. The number of carbonyl (C=O) groups is 1. The Morgan fingerprint density at radius 2 is 2.04 bits per heavy atom. The summed E-state index contributed by atoms with van der Waals surface area (Å²) in [6.45, 7) is 0. The average Bonchev–Trinajstić information content (AvgIpc) is 3.14. The molecule has 2 N–H and O–H groups in total. The Bertz CT molecular complexity index is 955. The van der Waals surface area contributed by atoms with E-state index in [0.29, 0.717) is 11.6 Å². The maximum atomic E-state index is 13.7. The SMILES string of the molecule is O=C1Cc2cc(-c3csc(Nc4ccc(F)cc4F)n3)ccc2N1. The molecule has 0 radical (unpaired) electrons. The van der Waals surface area contributed by atoms with E-state index in [1.54, 1.807) is 0 Å². The zero-order valence-corrected chi connectivity index (χ0v) is 13.1. The predicted octanol–water partition coefficient (Wildman–Crippen LogP) is 4.33. The summed E-state index contributed by atoms with van der Waals surface area (Å²) < 4.78 is 26.6. The lowest BCUT2D eigenvalue weighted by Crippen LogP contribution is -2.03. The number of hydrogen-bond donors (Lipinski definition) is 2. The van der Waals surface area contributed by atoms with Crippen molar-refractivity contribution < 1.29 is 13.6 Å². The van der Waals surface area contributed by atoms with E-state index in [-0.39, 0.29) is 11.6 Å². The van der Waals surface area contributed by atoms with Crippen molar-refractivity contribution in [1.29, 1.82) is 0 Å². The van der Waals surface area contributed by atoms with Crippen molar-refractivity contribution in [3.8, 4) is 11.3 Å². The Hall–Kier alpha value is -2.80. The highest BCUT2D eigenvalue weighted by molar-refractivity contribution is 7.14. The van der Waals surface area contributed by atoms with Crippen LogP contribution in [0.3, 0.4) is 0 Å². The topological polar surface area (TPSA) is 54.0 Å². The summed E-state index contributed by atoms with van der Waals surface area (Å²) in [4.78, 5) is 15.8. The fourth-order valence-electron chi connectivity index (χ4n) is 2.56. The second-order valence-electron chi connectivity index (χ2n) is 5.38. The molecular formula is C17H11F2N3OS. The van der Waals surface area contributed by atoms with E-state index in [1.165, 1.54) is 23.5 Å². The summed E-state index contributed by atoms with van der Waals surface area (Å²) in [5, 5.41) is 7.98. The fourth-order valence-corrected chi connectivity index (χ4v) is 3.29. The zero-order chi connectivity index (χ0) is 16.7. The molecule has 2 heterocycles. The van der Waals surface area contributed by atoms with E-state index in [1.807, 2.05) is 23.6 Å². The third-order valence-corrected chi connectivity index (χ3v) is 4.46. The van der Waals surface area contributed by atoms with Crippen LogP contribution >= 0.6 is 11.3 Å². The molecule has 24 heavy (non-hydrogen) atoms. The normalized spacial score (nSPS) is 12.8. The monoisotopic (exact) mass is 343 g/mol. The van der Waals surface area contributed by atoms with Crippen LogP contribution in [-0.2, 0) is 11.2 Å². The van der Waals surface area contributed by atoms with E-state index in [9.17, 15) is 13.6 Å². The summed E-state index contributed by atoms with van der Waals surface area (Å²) in [7, 11) is 0. The van der Waals surface area contributed by atoms with Gasteiger partial charge in [-0.3, -0.25) is 4.79 Å². The lowest BCUT2D eigenvalue weighted by Gasteiger charge is -2.04. The first kappa shape index (κ1) is 14.8. The first-order valence-electron chi connectivity index (χ1n) is 7.19. The van der Waals surface area contributed by atoms with Crippen LogP contribution in [0.2, 0.25) is 0 Å². The molecule has 7 heteroatoms. The molecule has 1 aliphatic rings. The van der Waals surface area contributed by atoms with Crippen LogP contribution in [0.25, 0.3) is 11.3 Å². The van der Waals surface area contributed by atoms with Gasteiger partial charge in [0.05, 0.1) is 17.8 Å². The number of carbonyl (C=O) groups excluding carboxylic acids is 1. The molecule has 4 nitrogen and oxygen atoms in total. The molecule has 2 aromatic carbocycles. The average molecular weight is 343 g/mol. The van der Waals surface area contributed by atoms with Gasteiger partial charge in [0.15, 0.2) is 5.13 Å². The first-order valence-corrected chi connectivity index (χ1v) is 8.07. The lowest BCUT2D eigenvalue weighted by molar-refractivity contribution is -0.115. The number of benzene rings is 2. The van der Waals surface area contributed by atoms with Gasteiger partial charge in [-0.25, -0.2) is 13.8 Å². The molecule has 0 saturated carbocycles. The van der Waals surface area contributed by atoms with E-state index >= 15 is 0 Å². The van der Waals surface area contributed by atoms with Crippen LogP contribution in [0.4, 0.5) is 25.3 Å². The quantitative estimate of drug-likeness (QED) is 0.744. The van der Waals surface area contributed by atoms with E-state index in [0.717, 1.165) is 28.6 Å². The molecule has 1 aliphatic heterocycles. The molecule has 3 aromatic rings. The molecule has 0 spiro atoms. The fraction of sp³-hybridized carbons (Fsp3) is 0.0588. The van der Waals surface area contributed by atoms with Gasteiger partial charge < -0.3 is 10.6 Å². The van der Waals surface area contributed by atoms with Gasteiger partial charge in [0.1, 0.15) is 11.6 Å². The molecule has 0 unspecified atom stereocenters. The Kier molecular flexibility index (Phi) is 3.50. The van der Waals surface area contributed by atoms with Gasteiger partial charge in [-0.1, -0.05) is 6.07 Å². The number of nitrogens with one attached hydrogen (secondary N) is 2. The number of hydrogen-bond acceptors (Lipinski definition) is 4. The number of anilines is 3. The Morgan fingerprint density at radius 1 is 1.17 bits per heavy atom. The molecule has 0 bridgehead atoms. The van der Waals surface area contributed by atoms with Crippen LogP contribution in [-0.4, -0.2) is 10.9 Å². The van der Waals surface area contributed by atoms with Crippen molar-refractivity contribution in [3.63, 3.8) is 0 Å². The van der Waals surface area contributed by atoms with E-state index < -0.39 is 11.6 Å². The van der Waals surface area contributed by atoms with E-state index in [4.69, 9.17) is 0 Å². The van der Waals surface area contributed by atoms with Crippen LogP contribution in [0.1, 0.15) is 5.56 Å². The largest absolute Gasteiger partial charge is 0.329 e. The van der Waals surface area contributed by atoms with Gasteiger partial charge in [-0.2, -0.15) is 0 Å². The van der Waals surface area contributed by atoms with Gasteiger partial charge in [0.2, 0.25) is 5.91 Å². The molecule has 120 valence electrons. The molecule has 0 saturated heterocycles. The zero-order valence-electron chi connectivity index (χ0n) is 12.3. The van der Waals surface area contributed by atoms with Gasteiger partial charge in [0.25, 0.3) is 0 Å². The highest BCUT2D eigenvalue weighted by Gasteiger charge is 2.18. The number of rotatable bonds is 3. The van der Waals surface area contributed by atoms with Crippen molar-refractivity contribution in [2.24, 2.45) is 0 Å².